The van der Waals surface area contributed by atoms with Crippen molar-refractivity contribution in [1.82, 2.24) is 39.4 Å². The van der Waals surface area contributed by atoms with Gasteiger partial charge in [0.15, 0.2) is 5.82 Å². The van der Waals surface area contributed by atoms with E-state index in [4.69, 9.17) is 4.98 Å². The average Bonchev–Trinajstić information content (AvgIpc) is 3.46. The van der Waals surface area contributed by atoms with E-state index in [0.717, 1.165) is 49.8 Å². The van der Waals surface area contributed by atoms with Crippen LogP contribution in [0.4, 0.5) is 5.82 Å². The van der Waals surface area contributed by atoms with Gasteiger partial charge in [0.25, 0.3) is 0 Å². The van der Waals surface area contributed by atoms with Gasteiger partial charge in [-0.1, -0.05) is 24.3 Å². The number of hydrogen-bond donors (Lipinski definition) is 0. The SMILES string of the molecule is Cc1c(CN2CCN(c3nccnc3-c3ccc(Cn4cncn4)cc3)CC2)cnn1C. The maximum atomic E-state index is 4.70. The van der Waals surface area contributed by atoms with Crippen molar-refractivity contribution in [2.24, 2.45) is 7.05 Å². The van der Waals surface area contributed by atoms with Crippen LogP contribution < -0.4 is 4.90 Å². The van der Waals surface area contributed by atoms with E-state index in [9.17, 15) is 0 Å². The first kappa shape index (κ1) is 20.3. The Kier molecular flexibility index (Phi) is 5.64. The summed E-state index contributed by atoms with van der Waals surface area (Å²) in [5, 5.41) is 8.54. The van der Waals surface area contributed by atoms with Gasteiger partial charge in [-0.05, 0) is 12.5 Å². The van der Waals surface area contributed by atoms with E-state index >= 15 is 0 Å². The highest BCUT2D eigenvalue weighted by Gasteiger charge is 2.22. The molecule has 4 aromatic rings. The van der Waals surface area contributed by atoms with Crippen LogP contribution in [0.25, 0.3) is 11.3 Å². The van der Waals surface area contributed by atoms with E-state index < -0.39 is 0 Å². The summed E-state index contributed by atoms with van der Waals surface area (Å²) >= 11 is 0. The fourth-order valence-corrected chi connectivity index (χ4v) is 4.09. The van der Waals surface area contributed by atoms with E-state index in [-0.39, 0.29) is 0 Å². The topological polar surface area (TPSA) is 80.8 Å². The summed E-state index contributed by atoms with van der Waals surface area (Å²) in [6.45, 7) is 7.59. The Hall–Kier alpha value is -3.59. The fourth-order valence-electron chi connectivity index (χ4n) is 4.09. The van der Waals surface area contributed by atoms with E-state index in [0.29, 0.717) is 6.54 Å². The molecule has 0 spiro atoms. The molecule has 1 saturated heterocycles. The van der Waals surface area contributed by atoms with Crippen molar-refractivity contribution in [1.29, 1.82) is 0 Å². The number of aryl methyl sites for hydroxylation is 1. The Morgan fingerprint density at radius 2 is 1.69 bits per heavy atom. The van der Waals surface area contributed by atoms with Crippen LogP contribution in [0.15, 0.2) is 55.5 Å². The lowest BCUT2D eigenvalue weighted by molar-refractivity contribution is 0.249. The Morgan fingerprint density at radius 1 is 0.906 bits per heavy atom. The van der Waals surface area contributed by atoms with Gasteiger partial charge in [0.05, 0.1) is 12.7 Å². The Labute approximate surface area is 187 Å². The van der Waals surface area contributed by atoms with Gasteiger partial charge in [-0.15, -0.1) is 0 Å². The molecule has 0 atom stereocenters. The molecule has 32 heavy (non-hydrogen) atoms. The van der Waals surface area contributed by atoms with Crippen molar-refractivity contribution in [3.05, 3.63) is 72.3 Å². The molecule has 4 heterocycles. The quantitative estimate of drug-likeness (QED) is 0.465. The average molecular weight is 430 g/mol. The molecule has 1 aliphatic rings. The second kappa shape index (κ2) is 8.88. The molecule has 9 heteroatoms. The number of aromatic nitrogens is 7. The van der Waals surface area contributed by atoms with Gasteiger partial charge in [0.1, 0.15) is 18.3 Å². The molecule has 0 N–H and O–H groups in total. The van der Waals surface area contributed by atoms with Crippen molar-refractivity contribution in [3.8, 4) is 11.3 Å². The minimum Gasteiger partial charge on any atom is -0.352 e. The van der Waals surface area contributed by atoms with Gasteiger partial charge >= 0.3 is 0 Å². The maximum Gasteiger partial charge on any atom is 0.155 e. The molecule has 0 saturated carbocycles. The smallest absolute Gasteiger partial charge is 0.155 e. The van der Waals surface area contributed by atoms with Gasteiger partial charge in [-0.3, -0.25) is 14.6 Å². The summed E-state index contributed by atoms with van der Waals surface area (Å²) in [5.74, 6) is 0.953. The van der Waals surface area contributed by atoms with Gasteiger partial charge < -0.3 is 4.90 Å². The van der Waals surface area contributed by atoms with Crippen LogP contribution in [0.2, 0.25) is 0 Å². The number of piperazine rings is 1. The molecule has 9 nitrogen and oxygen atoms in total. The fraction of sp³-hybridized carbons (Fsp3) is 0.348. The van der Waals surface area contributed by atoms with Crippen LogP contribution >= 0.6 is 0 Å². The summed E-state index contributed by atoms with van der Waals surface area (Å²) in [6, 6.07) is 8.45. The molecule has 0 unspecified atom stereocenters. The monoisotopic (exact) mass is 429 g/mol. The van der Waals surface area contributed by atoms with Crippen LogP contribution in [0, 0.1) is 6.92 Å². The first-order valence-corrected chi connectivity index (χ1v) is 10.8. The largest absolute Gasteiger partial charge is 0.352 e. The van der Waals surface area contributed by atoms with Crippen LogP contribution in [0.3, 0.4) is 0 Å². The Bertz CT molecular complexity index is 1160. The number of hydrogen-bond acceptors (Lipinski definition) is 7. The standard InChI is InChI=1S/C23H27N9/c1-18-21(13-27-29(18)2)15-30-9-11-31(12-10-30)23-22(25-7-8-26-23)20-5-3-19(4-6-20)14-32-17-24-16-28-32/h3-8,13,16-17H,9-12,14-15H2,1-2H3. The van der Waals surface area contributed by atoms with Crippen LogP contribution in [0.1, 0.15) is 16.8 Å². The van der Waals surface area contributed by atoms with Gasteiger partial charge in [0.2, 0.25) is 0 Å². The molecular weight excluding hydrogens is 402 g/mol. The molecule has 0 bridgehead atoms. The minimum absolute atomic E-state index is 0.700. The second-order valence-corrected chi connectivity index (χ2v) is 8.16. The van der Waals surface area contributed by atoms with E-state index in [1.165, 1.54) is 16.8 Å². The number of rotatable bonds is 6. The van der Waals surface area contributed by atoms with Crippen LogP contribution in [0.5, 0.6) is 0 Å². The van der Waals surface area contributed by atoms with E-state index in [1.54, 1.807) is 25.0 Å². The van der Waals surface area contributed by atoms with Crippen LogP contribution in [-0.2, 0) is 20.1 Å². The molecule has 1 aromatic carbocycles. The third-order valence-corrected chi connectivity index (χ3v) is 6.12. The van der Waals surface area contributed by atoms with Gasteiger partial charge in [-0.2, -0.15) is 10.2 Å². The predicted octanol–water partition coefficient (Wildman–Crippen LogP) is 2.15. The Balaban J connectivity index is 1.27. The third kappa shape index (κ3) is 4.24. The number of benzene rings is 1. The Morgan fingerprint density at radius 3 is 2.38 bits per heavy atom. The van der Waals surface area contributed by atoms with E-state index in [1.807, 2.05) is 22.6 Å². The van der Waals surface area contributed by atoms with Crippen molar-refractivity contribution in [3.63, 3.8) is 0 Å². The summed E-state index contributed by atoms with van der Waals surface area (Å²) in [6.07, 6.45) is 8.81. The molecule has 164 valence electrons. The summed E-state index contributed by atoms with van der Waals surface area (Å²) < 4.78 is 3.75. The lowest BCUT2D eigenvalue weighted by atomic mass is 10.1. The predicted molar refractivity (Wildman–Crippen MR) is 122 cm³/mol. The third-order valence-electron chi connectivity index (χ3n) is 6.12. The first-order chi connectivity index (χ1) is 15.7. The number of anilines is 1. The highest BCUT2D eigenvalue weighted by atomic mass is 15.3. The second-order valence-electron chi connectivity index (χ2n) is 8.16. The highest BCUT2D eigenvalue weighted by Crippen LogP contribution is 2.28. The normalized spacial score (nSPS) is 14.8. The first-order valence-electron chi connectivity index (χ1n) is 10.8. The minimum atomic E-state index is 0.700. The summed E-state index contributed by atoms with van der Waals surface area (Å²) in [4.78, 5) is 18.2. The molecule has 0 aliphatic carbocycles. The van der Waals surface area contributed by atoms with Crippen molar-refractivity contribution < 1.29 is 0 Å². The summed E-state index contributed by atoms with van der Waals surface area (Å²) in [7, 11) is 1.99. The zero-order valence-corrected chi connectivity index (χ0v) is 18.5. The molecule has 3 aromatic heterocycles. The lowest BCUT2D eigenvalue weighted by Gasteiger charge is -2.35. The lowest BCUT2D eigenvalue weighted by Crippen LogP contribution is -2.46. The van der Waals surface area contributed by atoms with Crippen molar-refractivity contribution in [2.75, 3.05) is 31.1 Å². The molecule has 0 radical (unpaired) electrons. The molecule has 1 fully saturated rings. The molecule has 0 amide bonds. The molecule has 5 rings (SSSR count). The van der Waals surface area contributed by atoms with Gasteiger partial charge in [0, 0.05) is 69.0 Å². The molecule has 1 aliphatic heterocycles. The highest BCUT2D eigenvalue weighted by molar-refractivity contribution is 5.72. The zero-order valence-electron chi connectivity index (χ0n) is 18.5. The number of nitrogens with zero attached hydrogens (tertiary/aromatic N) is 9. The van der Waals surface area contributed by atoms with Gasteiger partial charge in [-0.25, -0.2) is 14.6 Å². The van der Waals surface area contributed by atoms with Crippen molar-refractivity contribution in [2.45, 2.75) is 20.0 Å². The summed E-state index contributed by atoms with van der Waals surface area (Å²) in [5.41, 5.74) is 5.70. The maximum absolute atomic E-state index is 4.70. The zero-order chi connectivity index (χ0) is 21.9. The van der Waals surface area contributed by atoms with Crippen molar-refractivity contribution >= 4 is 5.82 Å². The molecular formula is C23H27N9. The van der Waals surface area contributed by atoms with E-state index in [2.05, 4.69) is 61.2 Å². The van der Waals surface area contributed by atoms with Crippen LogP contribution in [-0.4, -0.2) is 65.6 Å².